The second-order valence-corrected chi connectivity index (χ2v) is 6.94. The van der Waals surface area contributed by atoms with Gasteiger partial charge in [0.05, 0.1) is 11.6 Å². The molecular weight excluding hydrogens is 310 g/mol. The summed E-state index contributed by atoms with van der Waals surface area (Å²) >= 11 is 1.72. The van der Waals surface area contributed by atoms with E-state index in [1.807, 2.05) is 26.0 Å². The lowest BCUT2D eigenvalue weighted by atomic mass is 10.0. The zero-order valence-electron chi connectivity index (χ0n) is 13.4. The molecule has 3 N–H and O–H groups in total. The number of carbonyl (C=O) groups is 1. The number of aryl methyl sites for hydroxylation is 2. The van der Waals surface area contributed by atoms with E-state index < -0.39 is 0 Å². The molecule has 2 heterocycles. The molecule has 122 valence electrons. The van der Waals surface area contributed by atoms with Crippen molar-refractivity contribution < 1.29 is 4.79 Å². The molecule has 1 fully saturated rings. The number of fused-ring (bicyclic) bond motifs is 1. The summed E-state index contributed by atoms with van der Waals surface area (Å²) in [5.41, 5.74) is 3.79. The predicted molar refractivity (Wildman–Crippen MR) is 95.0 cm³/mol. The van der Waals surface area contributed by atoms with E-state index in [0.29, 0.717) is 18.5 Å². The van der Waals surface area contributed by atoms with Gasteiger partial charge < -0.3 is 10.3 Å². The van der Waals surface area contributed by atoms with Crippen molar-refractivity contribution in [3.63, 3.8) is 0 Å². The molecule has 23 heavy (non-hydrogen) atoms. The van der Waals surface area contributed by atoms with Crippen LogP contribution in [0.5, 0.6) is 0 Å². The first-order chi connectivity index (χ1) is 11.1. The Bertz CT molecular complexity index is 794. The first kappa shape index (κ1) is 16.1. The highest BCUT2D eigenvalue weighted by atomic mass is 32.2. The number of carbonyl (C=O) groups excluding carboxylic acids is 1. The van der Waals surface area contributed by atoms with E-state index in [1.165, 1.54) is 0 Å². The lowest BCUT2D eigenvalue weighted by Gasteiger charge is -2.11. The average molecular weight is 331 g/mol. The fourth-order valence-electron chi connectivity index (χ4n) is 2.76. The van der Waals surface area contributed by atoms with Crippen molar-refractivity contribution in [1.82, 2.24) is 15.6 Å². The number of rotatable bonds is 4. The van der Waals surface area contributed by atoms with Crippen molar-refractivity contribution in [2.45, 2.75) is 26.3 Å². The number of hydrogen-bond donors (Lipinski definition) is 3. The third kappa shape index (κ3) is 3.43. The highest BCUT2D eigenvalue weighted by Crippen LogP contribution is 2.18. The van der Waals surface area contributed by atoms with Crippen LogP contribution < -0.4 is 16.2 Å². The molecule has 1 aromatic carbocycles. The fourth-order valence-corrected chi connectivity index (χ4v) is 3.70. The highest BCUT2D eigenvalue weighted by Gasteiger charge is 2.21. The van der Waals surface area contributed by atoms with Crippen molar-refractivity contribution in [1.29, 1.82) is 0 Å². The SMILES string of the molecule is Cc1ccc2cc(CCNC(=O)C3CSCN3)c(=O)[nH]c2c1C. The lowest BCUT2D eigenvalue weighted by Crippen LogP contribution is -2.42. The Balaban J connectivity index is 1.70. The molecular formula is C17H21N3O2S. The summed E-state index contributed by atoms with van der Waals surface area (Å²) in [6.45, 7) is 4.52. The summed E-state index contributed by atoms with van der Waals surface area (Å²) in [6, 6.07) is 5.90. The molecule has 3 rings (SSSR count). The Labute approximate surface area is 139 Å². The topological polar surface area (TPSA) is 74.0 Å². The van der Waals surface area contributed by atoms with Gasteiger partial charge in [-0.05, 0) is 42.8 Å². The second-order valence-electron chi connectivity index (χ2n) is 5.91. The molecule has 1 aliphatic heterocycles. The van der Waals surface area contributed by atoms with Crippen LogP contribution >= 0.6 is 11.8 Å². The summed E-state index contributed by atoms with van der Waals surface area (Å²) in [5.74, 6) is 1.64. The minimum atomic E-state index is -0.111. The van der Waals surface area contributed by atoms with Crippen LogP contribution in [0.1, 0.15) is 16.7 Å². The summed E-state index contributed by atoms with van der Waals surface area (Å²) in [5, 5.41) is 7.07. The Hall–Kier alpha value is -1.79. The largest absolute Gasteiger partial charge is 0.354 e. The number of nitrogens with one attached hydrogen (secondary N) is 3. The molecule has 0 aliphatic carbocycles. The van der Waals surface area contributed by atoms with Crippen LogP contribution in [0.25, 0.3) is 10.9 Å². The number of aromatic nitrogens is 1. The molecule has 1 amide bonds. The maximum atomic E-state index is 12.2. The molecule has 1 aliphatic rings. The quantitative estimate of drug-likeness (QED) is 0.793. The minimum Gasteiger partial charge on any atom is -0.354 e. The first-order valence-corrected chi connectivity index (χ1v) is 8.92. The van der Waals surface area contributed by atoms with Gasteiger partial charge in [0.1, 0.15) is 0 Å². The summed E-state index contributed by atoms with van der Waals surface area (Å²) in [4.78, 5) is 27.2. The van der Waals surface area contributed by atoms with Gasteiger partial charge in [0, 0.05) is 23.7 Å². The van der Waals surface area contributed by atoms with Gasteiger partial charge in [-0.25, -0.2) is 0 Å². The maximum Gasteiger partial charge on any atom is 0.251 e. The normalized spacial score (nSPS) is 17.6. The van der Waals surface area contributed by atoms with Gasteiger partial charge in [-0.15, -0.1) is 11.8 Å². The predicted octanol–water partition coefficient (Wildman–Crippen LogP) is 1.47. The van der Waals surface area contributed by atoms with E-state index in [2.05, 4.69) is 21.7 Å². The van der Waals surface area contributed by atoms with Gasteiger partial charge in [0.25, 0.3) is 5.56 Å². The van der Waals surface area contributed by atoms with E-state index in [9.17, 15) is 9.59 Å². The molecule has 1 atom stereocenters. The Kier molecular flexibility index (Phi) is 4.73. The van der Waals surface area contributed by atoms with Gasteiger partial charge >= 0.3 is 0 Å². The zero-order chi connectivity index (χ0) is 16.4. The van der Waals surface area contributed by atoms with Crippen LogP contribution in [0.2, 0.25) is 0 Å². The average Bonchev–Trinajstić information content (AvgIpc) is 3.07. The Morgan fingerprint density at radius 3 is 2.96 bits per heavy atom. The van der Waals surface area contributed by atoms with Crippen LogP contribution in [-0.4, -0.2) is 35.1 Å². The third-order valence-corrected chi connectivity index (χ3v) is 5.29. The van der Waals surface area contributed by atoms with Crippen molar-refractivity contribution in [2.24, 2.45) is 0 Å². The highest BCUT2D eigenvalue weighted by molar-refractivity contribution is 7.99. The summed E-state index contributed by atoms with van der Waals surface area (Å²) in [6.07, 6.45) is 0.532. The molecule has 1 unspecified atom stereocenters. The first-order valence-electron chi connectivity index (χ1n) is 7.77. The Morgan fingerprint density at radius 1 is 1.39 bits per heavy atom. The van der Waals surface area contributed by atoms with Crippen LogP contribution in [0, 0.1) is 13.8 Å². The lowest BCUT2D eigenvalue weighted by molar-refractivity contribution is -0.122. The maximum absolute atomic E-state index is 12.2. The fraction of sp³-hybridized carbons (Fsp3) is 0.412. The molecule has 2 aromatic rings. The van der Waals surface area contributed by atoms with E-state index in [-0.39, 0.29) is 17.5 Å². The molecule has 0 saturated carbocycles. The van der Waals surface area contributed by atoms with Gasteiger partial charge in [0.15, 0.2) is 0 Å². The van der Waals surface area contributed by atoms with Crippen LogP contribution in [0.4, 0.5) is 0 Å². The number of aromatic amines is 1. The number of thioether (sulfide) groups is 1. The van der Waals surface area contributed by atoms with E-state index in [4.69, 9.17) is 0 Å². The molecule has 5 nitrogen and oxygen atoms in total. The van der Waals surface area contributed by atoms with Crippen LogP contribution in [0.15, 0.2) is 23.0 Å². The van der Waals surface area contributed by atoms with Crippen molar-refractivity contribution in [3.8, 4) is 0 Å². The number of amides is 1. The third-order valence-electron chi connectivity index (χ3n) is 4.35. The number of benzene rings is 1. The number of H-pyrrole nitrogens is 1. The molecule has 1 saturated heterocycles. The van der Waals surface area contributed by atoms with Crippen LogP contribution in [0.3, 0.4) is 0 Å². The molecule has 0 bridgehead atoms. The van der Waals surface area contributed by atoms with Crippen LogP contribution in [-0.2, 0) is 11.2 Å². The van der Waals surface area contributed by atoms with Gasteiger partial charge in [0.2, 0.25) is 5.91 Å². The molecule has 6 heteroatoms. The summed E-state index contributed by atoms with van der Waals surface area (Å²) < 4.78 is 0. The standard InChI is InChI=1S/C17H21N3O2S/c1-10-3-4-12-7-13(16(21)20-15(12)11(10)2)5-6-18-17(22)14-8-23-9-19-14/h3-4,7,14,19H,5-6,8-9H2,1-2H3,(H,18,22)(H,20,21). The van der Waals surface area contributed by atoms with Crippen molar-refractivity contribution in [3.05, 3.63) is 45.2 Å². The molecule has 0 radical (unpaired) electrons. The summed E-state index contributed by atoms with van der Waals surface area (Å²) in [7, 11) is 0. The number of hydrogen-bond acceptors (Lipinski definition) is 4. The van der Waals surface area contributed by atoms with E-state index >= 15 is 0 Å². The van der Waals surface area contributed by atoms with Gasteiger partial charge in [-0.3, -0.25) is 14.9 Å². The molecule has 0 spiro atoms. The second kappa shape index (κ2) is 6.76. The zero-order valence-corrected chi connectivity index (χ0v) is 14.2. The van der Waals surface area contributed by atoms with E-state index in [1.54, 1.807) is 11.8 Å². The smallest absolute Gasteiger partial charge is 0.251 e. The monoisotopic (exact) mass is 331 g/mol. The van der Waals surface area contributed by atoms with Crippen molar-refractivity contribution >= 4 is 28.6 Å². The Morgan fingerprint density at radius 2 is 2.22 bits per heavy atom. The van der Waals surface area contributed by atoms with Gasteiger partial charge in [-0.1, -0.05) is 12.1 Å². The van der Waals surface area contributed by atoms with Crippen molar-refractivity contribution in [2.75, 3.05) is 18.2 Å². The minimum absolute atomic E-state index is 0.0127. The number of pyridine rings is 1. The molecule has 1 aromatic heterocycles. The van der Waals surface area contributed by atoms with E-state index in [0.717, 1.165) is 33.7 Å². The van der Waals surface area contributed by atoms with Gasteiger partial charge in [-0.2, -0.15) is 0 Å².